The normalized spacial score (nSPS) is 13.3. The summed E-state index contributed by atoms with van der Waals surface area (Å²) in [5, 5.41) is 13.9. The maximum atomic E-state index is 12.2. The van der Waals surface area contributed by atoms with E-state index >= 15 is 0 Å². The molecule has 0 saturated carbocycles. The second-order valence-electron chi connectivity index (χ2n) is 14.9. The SMILES string of the molecule is CC(C)(C)c1cc(-c2nccc3c4c(sc23)CCc2ccccc2-4)[c-]c2ccccc12.CCC(C)(CC)C(=O)/C=C(\O)C(C)(CC)CC.[Ir]. The van der Waals surface area contributed by atoms with Crippen LogP contribution in [-0.4, -0.2) is 15.9 Å². The Bertz CT molecular complexity index is 1970. The fraction of sp³-hybridized carbons (Fsp3) is 0.409. The van der Waals surface area contributed by atoms with Crippen LogP contribution in [-0.2, 0) is 43.2 Å². The molecule has 0 spiro atoms. The largest absolute Gasteiger partial charge is 0.512 e. The number of benzene rings is 3. The minimum atomic E-state index is -0.337. The Morgan fingerprint density at radius 2 is 1.49 bits per heavy atom. The van der Waals surface area contributed by atoms with Crippen LogP contribution in [0.2, 0.25) is 0 Å². The number of aliphatic hydroxyl groups excluding tert-OH is 1. The molecule has 1 aliphatic rings. The van der Waals surface area contributed by atoms with Gasteiger partial charge in [-0.3, -0.25) is 9.78 Å². The van der Waals surface area contributed by atoms with Gasteiger partial charge in [0.2, 0.25) is 0 Å². The van der Waals surface area contributed by atoms with Gasteiger partial charge in [0.05, 0.1) is 0 Å². The maximum Gasteiger partial charge on any atom is 0.164 e. The van der Waals surface area contributed by atoms with Gasteiger partial charge in [-0.2, -0.15) is 0 Å². The van der Waals surface area contributed by atoms with E-state index in [2.05, 4.69) is 87.5 Å². The molecule has 1 N–H and O–H groups in total. The number of hydrogen-bond donors (Lipinski definition) is 1. The molecule has 3 aromatic carbocycles. The second-order valence-corrected chi connectivity index (χ2v) is 16.0. The molecule has 5 heteroatoms. The van der Waals surface area contributed by atoms with E-state index in [1.54, 1.807) is 0 Å². The molecule has 0 atom stereocenters. The average Bonchev–Trinajstić information content (AvgIpc) is 3.49. The molecule has 0 fully saturated rings. The van der Waals surface area contributed by atoms with Gasteiger partial charge < -0.3 is 5.11 Å². The standard InChI is InChI=1S/C29H24NS.C15H28O2.Ir/c1-29(2,3)24-17-20(16-19-9-5-6-10-21(19)24)27-28-23(14-15-30-27)26-22-11-7-4-8-18(22)12-13-25(26)31-28;1-7-14(5,8-2)12(16)11-13(17)15(6,9-3)10-4;/h4-11,14-15,17H,12-13H2,1-3H3;11,16H,7-10H2,1-6H3;/q-1;;/b;12-11-;. The number of ketones is 1. The van der Waals surface area contributed by atoms with E-state index in [9.17, 15) is 9.90 Å². The quantitative estimate of drug-likeness (QED) is 0.0961. The summed E-state index contributed by atoms with van der Waals surface area (Å²) in [6.07, 6.45) is 8.96. The fourth-order valence-electron chi connectivity index (χ4n) is 6.63. The van der Waals surface area contributed by atoms with Crippen LogP contribution in [0.15, 0.2) is 78.7 Å². The summed E-state index contributed by atoms with van der Waals surface area (Å²) in [5.74, 6) is 0.286. The zero-order valence-electron chi connectivity index (χ0n) is 30.7. The first-order valence-corrected chi connectivity index (χ1v) is 18.5. The first kappa shape index (κ1) is 38.7. The van der Waals surface area contributed by atoms with Crippen molar-refractivity contribution in [2.24, 2.45) is 10.8 Å². The van der Waals surface area contributed by atoms with Gasteiger partial charge in [-0.15, -0.1) is 40.5 Å². The Morgan fingerprint density at radius 3 is 2.14 bits per heavy atom. The molecule has 2 aromatic heterocycles. The molecule has 5 aromatic rings. The molecule has 261 valence electrons. The van der Waals surface area contributed by atoms with E-state index in [4.69, 9.17) is 4.98 Å². The summed E-state index contributed by atoms with van der Waals surface area (Å²) >= 11 is 1.92. The minimum absolute atomic E-state index is 0. The summed E-state index contributed by atoms with van der Waals surface area (Å²) in [4.78, 5) is 18.6. The Labute approximate surface area is 311 Å². The van der Waals surface area contributed by atoms with Crippen molar-refractivity contribution in [2.75, 3.05) is 0 Å². The van der Waals surface area contributed by atoms with E-state index in [1.807, 2.05) is 59.1 Å². The van der Waals surface area contributed by atoms with Crippen molar-refractivity contribution in [1.82, 2.24) is 4.98 Å². The van der Waals surface area contributed by atoms with Gasteiger partial charge in [-0.05, 0) is 66.5 Å². The number of carbonyl (C=O) groups is 1. The topological polar surface area (TPSA) is 50.2 Å². The molecular formula is C44H52IrNO2S-. The molecule has 6 rings (SSSR count). The summed E-state index contributed by atoms with van der Waals surface area (Å²) in [6.45, 7) is 18.9. The third-order valence-electron chi connectivity index (χ3n) is 11.0. The zero-order valence-corrected chi connectivity index (χ0v) is 33.9. The van der Waals surface area contributed by atoms with Crippen molar-refractivity contribution in [2.45, 2.75) is 106 Å². The van der Waals surface area contributed by atoms with Gasteiger partial charge in [0.25, 0.3) is 0 Å². The zero-order chi connectivity index (χ0) is 34.9. The summed E-state index contributed by atoms with van der Waals surface area (Å²) in [5.41, 5.74) is 7.22. The molecular weight excluding hydrogens is 799 g/mol. The van der Waals surface area contributed by atoms with Crippen molar-refractivity contribution >= 4 is 38.0 Å². The minimum Gasteiger partial charge on any atom is -0.512 e. The van der Waals surface area contributed by atoms with Gasteiger partial charge in [-0.1, -0.05) is 116 Å². The first-order valence-electron chi connectivity index (χ1n) is 17.7. The van der Waals surface area contributed by atoms with Crippen molar-refractivity contribution in [3.63, 3.8) is 0 Å². The van der Waals surface area contributed by atoms with Crippen LogP contribution >= 0.6 is 11.3 Å². The smallest absolute Gasteiger partial charge is 0.164 e. The average molecular weight is 851 g/mol. The molecule has 0 amide bonds. The maximum absolute atomic E-state index is 12.2. The summed E-state index contributed by atoms with van der Waals surface area (Å²) in [6, 6.07) is 25.7. The molecule has 0 aliphatic heterocycles. The molecule has 49 heavy (non-hydrogen) atoms. The number of aromatic nitrogens is 1. The monoisotopic (exact) mass is 851 g/mol. The van der Waals surface area contributed by atoms with Crippen LogP contribution in [0, 0.1) is 16.9 Å². The van der Waals surface area contributed by atoms with E-state index in [1.165, 1.54) is 48.7 Å². The molecule has 2 heterocycles. The van der Waals surface area contributed by atoms with Crippen molar-refractivity contribution in [3.05, 3.63) is 101 Å². The number of fused-ring (bicyclic) bond motifs is 6. The fourth-order valence-corrected chi connectivity index (χ4v) is 7.94. The third kappa shape index (κ3) is 7.65. The molecule has 1 aliphatic carbocycles. The third-order valence-corrected chi connectivity index (χ3v) is 12.3. The Balaban J connectivity index is 0.000000260. The van der Waals surface area contributed by atoms with Gasteiger partial charge in [0.1, 0.15) is 5.76 Å². The van der Waals surface area contributed by atoms with Crippen LogP contribution in [0.25, 0.3) is 43.2 Å². The number of pyridine rings is 1. The first-order chi connectivity index (χ1) is 22.8. The van der Waals surface area contributed by atoms with Gasteiger partial charge in [0.15, 0.2) is 5.78 Å². The number of aliphatic hydroxyl groups is 1. The van der Waals surface area contributed by atoms with E-state index in [0.717, 1.165) is 55.2 Å². The van der Waals surface area contributed by atoms with E-state index in [-0.39, 0.29) is 47.9 Å². The van der Waals surface area contributed by atoms with Gasteiger partial charge in [-0.25, -0.2) is 0 Å². The van der Waals surface area contributed by atoms with Crippen LogP contribution in [0.1, 0.15) is 104 Å². The number of rotatable bonds is 8. The van der Waals surface area contributed by atoms with Crippen LogP contribution in [0.3, 0.4) is 0 Å². The van der Waals surface area contributed by atoms with Crippen molar-refractivity contribution < 1.29 is 30.0 Å². The molecule has 0 unspecified atom stereocenters. The Kier molecular flexibility index (Phi) is 12.2. The summed E-state index contributed by atoms with van der Waals surface area (Å²) in [7, 11) is 0. The second kappa shape index (κ2) is 15.4. The number of nitrogens with zero attached hydrogens (tertiary/aromatic N) is 1. The number of allylic oxidation sites excluding steroid dienone is 2. The number of aryl methyl sites for hydroxylation is 2. The molecule has 0 saturated heterocycles. The van der Waals surface area contributed by atoms with Crippen molar-refractivity contribution in [1.29, 1.82) is 0 Å². The Morgan fingerprint density at radius 1 is 0.857 bits per heavy atom. The van der Waals surface area contributed by atoms with Crippen molar-refractivity contribution in [3.8, 4) is 22.4 Å². The van der Waals surface area contributed by atoms with Crippen LogP contribution < -0.4 is 0 Å². The molecule has 3 nitrogen and oxygen atoms in total. The van der Waals surface area contributed by atoms with Crippen LogP contribution in [0.4, 0.5) is 0 Å². The number of carbonyl (C=O) groups excluding carboxylic acids is 1. The number of hydrogen-bond acceptors (Lipinski definition) is 4. The molecule has 0 bridgehead atoms. The summed E-state index contributed by atoms with van der Waals surface area (Å²) < 4.78 is 1.29. The van der Waals surface area contributed by atoms with Gasteiger partial charge in [0, 0.05) is 64.0 Å². The predicted octanol–water partition coefficient (Wildman–Crippen LogP) is 12.6. The van der Waals surface area contributed by atoms with E-state index < -0.39 is 0 Å². The van der Waals surface area contributed by atoms with Gasteiger partial charge >= 0.3 is 0 Å². The van der Waals surface area contributed by atoms with Crippen LogP contribution in [0.5, 0.6) is 0 Å². The van der Waals surface area contributed by atoms with E-state index in [0.29, 0.717) is 0 Å². The Hall–Kier alpha value is -3.11. The predicted molar refractivity (Wildman–Crippen MR) is 206 cm³/mol. The molecule has 1 radical (unpaired) electrons. The number of thiophene rings is 1.